The lowest BCUT2D eigenvalue weighted by Crippen LogP contribution is -2.17. The van der Waals surface area contributed by atoms with Crippen molar-refractivity contribution < 1.29 is 18.3 Å². The number of sulfone groups is 1. The standard InChI is InChI=1S/C12H15NO4S/c1-8-13-11(7-14)12(17-8)9-3-5-10(6-4-9)18(2,15)16/h3-6,11-12,14H,7H2,1-2H3. The van der Waals surface area contributed by atoms with Crippen molar-refractivity contribution in [3.8, 4) is 0 Å². The van der Waals surface area contributed by atoms with E-state index >= 15 is 0 Å². The summed E-state index contributed by atoms with van der Waals surface area (Å²) in [7, 11) is -3.19. The summed E-state index contributed by atoms with van der Waals surface area (Å²) in [4.78, 5) is 4.43. The van der Waals surface area contributed by atoms with Gasteiger partial charge in [-0.05, 0) is 17.7 Å². The lowest BCUT2D eigenvalue weighted by Gasteiger charge is -2.16. The van der Waals surface area contributed by atoms with E-state index in [0.717, 1.165) is 11.8 Å². The first-order chi connectivity index (χ1) is 8.41. The van der Waals surface area contributed by atoms with Crippen molar-refractivity contribution in [2.75, 3.05) is 12.9 Å². The highest BCUT2D eigenvalue weighted by Gasteiger charge is 2.30. The molecule has 1 aromatic rings. The number of benzene rings is 1. The maximum Gasteiger partial charge on any atom is 0.181 e. The molecule has 0 amide bonds. The van der Waals surface area contributed by atoms with E-state index in [1.165, 1.54) is 12.1 Å². The number of aliphatic hydroxyl groups excluding tert-OH is 1. The highest BCUT2D eigenvalue weighted by atomic mass is 32.2. The fraction of sp³-hybridized carbons (Fsp3) is 0.417. The molecule has 0 aliphatic carbocycles. The molecular formula is C12H15NO4S. The third-order valence-electron chi connectivity index (χ3n) is 2.82. The van der Waals surface area contributed by atoms with E-state index in [1.54, 1.807) is 19.1 Å². The van der Waals surface area contributed by atoms with Crippen molar-refractivity contribution in [3.63, 3.8) is 0 Å². The first-order valence-corrected chi connectivity index (χ1v) is 7.43. The van der Waals surface area contributed by atoms with Gasteiger partial charge in [-0.15, -0.1) is 0 Å². The van der Waals surface area contributed by atoms with Crippen LogP contribution >= 0.6 is 0 Å². The Hall–Kier alpha value is -1.40. The Kier molecular flexibility index (Phi) is 3.41. The Morgan fingerprint density at radius 3 is 2.44 bits per heavy atom. The molecule has 0 bridgehead atoms. The van der Waals surface area contributed by atoms with Crippen LogP contribution in [0.2, 0.25) is 0 Å². The van der Waals surface area contributed by atoms with Gasteiger partial charge in [-0.2, -0.15) is 0 Å². The molecule has 0 fully saturated rings. The molecule has 0 spiro atoms. The highest BCUT2D eigenvalue weighted by Crippen LogP contribution is 2.29. The van der Waals surface area contributed by atoms with Crippen molar-refractivity contribution in [1.82, 2.24) is 0 Å². The van der Waals surface area contributed by atoms with E-state index in [2.05, 4.69) is 4.99 Å². The normalized spacial score (nSPS) is 23.6. The summed E-state index contributed by atoms with van der Waals surface area (Å²) in [6.07, 6.45) is 0.821. The van der Waals surface area contributed by atoms with E-state index in [1.807, 2.05) is 0 Å². The van der Waals surface area contributed by atoms with E-state index in [4.69, 9.17) is 4.74 Å². The summed E-state index contributed by atoms with van der Waals surface area (Å²) in [5, 5.41) is 9.22. The van der Waals surface area contributed by atoms with Crippen LogP contribution in [0.4, 0.5) is 0 Å². The van der Waals surface area contributed by atoms with Crippen LogP contribution in [0.25, 0.3) is 0 Å². The summed E-state index contributed by atoms with van der Waals surface area (Å²) >= 11 is 0. The molecule has 0 saturated carbocycles. The van der Waals surface area contributed by atoms with E-state index in [-0.39, 0.29) is 23.6 Å². The zero-order valence-corrected chi connectivity index (χ0v) is 11.0. The molecule has 2 unspecified atom stereocenters. The smallest absolute Gasteiger partial charge is 0.181 e. The van der Waals surface area contributed by atoms with Crippen molar-refractivity contribution in [2.45, 2.75) is 24.0 Å². The van der Waals surface area contributed by atoms with Crippen molar-refractivity contribution in [3.05, 3.63) is 29.8 Å². The van der Waals surface area contributed by atoms with Crippen molar-refractivity contribution in [2.24, 2.45) is 4.99 Å². The number of rotatable bonds is 3. The Morgan fingerprint density at radius 2 is 1.94 bits per heavy atom. The summed E-state index contributed by atoms with van der Waals surface area (Å²) in [5.41, 5.74) is 0.807. The summed E-state index contributed by atoms with van der Waals surface area (Å²) in [5.74, 6) is 0.534. The molecule has 1 N–H and O–H groups in total. The molecule has 1 aliphatic rings. The summed E-state index contributed by atoms with van der Waals surface area (Å²) in [6, 6.07) is 6.14. The second-order valence-electron chi connectivity index (χ2n) is 4.28. The van der Waals surface area contributed by atoms with Gasteiger partial charge in [-0.3, -0.25) is 0 Å². The zero-order chi connectivity index (χ0) is 13.3. The number of hydrogen-bond donors (Lipinski definition) is 1. The fourth-order valence-corrected chi connectivity index (χ4v) is 2.56. The first kappa shape index (κ1) is 13.0. The van der Waals surface area contributed by atoms with Crippen LogP contribution in [0.5, 0.6) is 0 Å². The van der Waals surface area contributed by atoms with Gasteiger partial charge >= 0.3 is 0 Å². The van der Waals surface area contributed by atoms with Crippen LogP contribution < -0.4 is 0 Å². The molecule has 0 saturated heterocycles. The molecule has 1 aromatic carbocycles. The minimum Gasteiger partial charge on any atom is -0.471 e. The molecule has 5 nitrogen and oxygen atoms in total. The van der Waals surface area contributed by atoms with Gasteiger partial charge in [0.1, 0.15) is 12.1 Å². The Balaban J connectivity index is 2.26. The van der Waals surface area contributed by atoms with Crippen LogP contribution in [-0.2, 0) is 14.6 Å². The van der Waals surface area contributed by atoms with Crippen LogP contribution in [-0.4, -0.2) is 38.3 Å². The van der Waals surface area contributed by atoms with Crippen LogP contribution in [0.15, 0.2) is 34.2 Å². The van der Waals surface area contributed by atoms with Crippen LogP contribution in [0.3, 0.4) is 0 Å². The minimum absolute atomic E-state index is 0.101. The predicted molar refractivity (Wildman–Crippen MR) is 67.4 cm³/mol. The number of aliphatic hydroxyl groups is 1. The van der Waals surface area contributed by atoms with Crippen LogP contribution in [0.1, 0.15) is 18.6 Å². The molecule has 1 heterocycles. The van der Waals surface area contributed by atoms with Gasteiger partial charge < -0.3 is 9.84 Å². The summed E-state index contributed by atoms with van der Waals surface area (Å²) in [6.45, 7) is 1.63. The van der Waals surface area contributed by atoms with Crippen LogP contribution in [0, 0.1) is 0 Å². The monoisotopic (exact) mass is 269 g/mol. The molecule has 2 atom stereocenters. The van der Waals surface area contributed by atoms with Gasteiger partial charge in [0.25, 0.3) is 0 Å². The first-order valence-electron chi connectivity index (χ1n) is 5.54. The maximum absolute atomic E-state index is 11.3. The van der Waals surface area contributed by atoms with Crippen molar-refractivity contribution in [1.29, 1.82) is 0 Å². The zero-order valence-electron chi connectivity index (χ0n) is 10.2. The Labute approximate surface area is 106 Å². The minimum atomic E-state index is -3.19. The molecule has 98 valence electrons. The van der Waals surface area contributed by atoms with E-state index in [0.29, 0.717) is 5.90 Å². The lowest BCUT2D eigenvalue weighted by molar-refractivity contribution is 0.150. The number of ether oxygens (including phenoxy) is 1. The molecule has 1 aliphatic heterocycles. The predicted octanol–water partition coefficient (Wildman–Crippen LogP) is 0.941. The third kappa shape index (κ3) is 2.54. The molecule has 0 aromatic heterocycles. The lowest BCUT2D eigenvalue weighted by atomic mass is 10.0. The Morgan fingerprint density at radius 1 is 1.33 bits per heavy atom. The highest BCUT2D eigenvalue weighted by molar-refractivity contribution is 7.90. The topological polar surface area (TPSA) is 76.0 Å². The van der Waals surface area contributed by atoms with Gasteiger partial charge in [0.05, 0.1) is 11.5 Å². The Bertz CT molecular complexity index is 562. The van der Waals surface area contributed by atoms with Gasteiger partial charge in [0.15, 0.2) is 15.7 Å². The average Bonchev–Trinajstić information content (AvgIpc) is 2.69. The largest absolute Gasteiger partial charge is 0.471 e. The fourth-order valence-electron chi connectivity index (χ4n) is 1.93. The molecule has 0 radical (unpaired) electrons. The maximum atomic E-state index is 11.3. The van der Waals surface area contributed by atoms with Gasteiger partial charge in [0, 0.05) is 13.2 Å². The second kappa shape index (κ2) is 4.70. The van der Waals surface area contributed by atoms with E-state index in [9.17, 15) is 13.5 Å². The number of nitrogens with zero attached hydrogens (tertiary/aromatic N) is 1. The van der Waals surface area contributed by atoms with E-state index < -0.39 is 9.84 Å². The van der Waals surface area contributed by atoms with Crippen molar-refractivity contribution >= 4 is 15.7 Å². The molecule has 18 heavy (non-hydrogen) atoms. The summed E-state index contributed by atoms with van der Waals surface area (Å²) < 4.78 is 28.2. The van der Waals surface area contributed by atoms with Gasteiger partial charge in [-0.1, -0.05) is 12.1 Å². The quantitative estimate of drug-likeness (QED) is 0.886. The average molecular weight is 269 g/mol. The molecule has 2 rings (SSSR count). The SMILES string of the molecule is CC1=NC(CO)C(c2ccc(S(C)(=O)=O)cc2)O1. The molecular weight excluding hydrogens is 254 g/mol. The second-order valence-corrected chi connectivity index (χ2v) is 6.29. The number of aliphatic imine (C=N–C) groups is 1. The van der Waals surface area contributed by atoms with Gasteiger partial charge in [0.2, 0.25) is 0 Å². The number of hydrogen-bond acceptors (Lipinski definition) is 5. The third-order valence-corrected chi connectivity index (χ3v) is 3.95. The van der Waals surface area contributed by atoms with Gasteiger partial charge in [-0.25, -0.2) is 13.4 Å². The molecule has 6 heteroatoms.